The molecule has 0 aliphatic carbocycles. The maximum Gasteiger partial charge on any atom is 0.332 e. The fourth-order valence-corrected chi connectivity index (χ4v) is 4.12. The molecule has 0 fully saturated rings. The van der Waals surface area contributed by atoms with Crippen molar-refractivity contribution >= 4 is 17.0 Å². The fraction of sp³-hybridized carbons (Fsp3) is 0.346. The van der Waals surface area contributed by atoms with Crippen LogP contribution in [0.3, 0.4) is 0 Å². The van der Waals surface area contributed by atoms with E-state index in [1.807, 2.05) is 32.0 Å². The van der Waals surface area contributed by atoms with Crippen LogP contribution < -0.4 is 16.0 Å². The second kappa shape index (κ2) is 10.0. The Kier molecular flexibility index (Phi) is 6.99. The van der Waals surface area contributed by atoms with Crippen molar-refractivity contribution in [3.8, 4) is 17.3 Å². The lowest BCUT2D eigenvalue weighted by Gasteiger charge is -2.27. The Morgan fingerprint density at radius 2 is 1.89 bits per heavy atom. The molecule has 0 saturated carbocycles. The number of benzene rings is 1. The molecule has 194 valence electrons. The molecule has 11 nitrogen and oxygen atoms in total. The van der Waals surface area contributed by atoms with Crippen molar-refractivity contribution in [3.63, 3.8) is 0 Å². The minimum atomic E-state index is -1.86. The van der Waals surface area contributed by atoms with Crippen LogP contribution in [0, 0.1) is 0 Å². The van der Waals surface area contributed by atoms with Crippen LogP contribution in [0.5, 0.6) is 5.75 Å². The van der Waals surface area contributed by atoms with Crippen LogP contribution >= 0.6 is 0 Å². The Bertz CT molecular complexity index is 1550. The smallest absolute Gasteiger partial charge is 0.332 e. The fourth-order valence-electron chi connectivity index (χ4n) is 4.12. The van der Waals surface area contributed by atoms with Crippen LogP contribution in [0.2, 0.25) is 0 Å². The van der Waals surface area contributed by atoms with E-state index in [0.717, 1.165) is 0 Å². The van der Waals surface area contributed by atoms with Gasteiger partial charge in [-0.3, -0.25) is 9.36 Å². The standard InChI is InChI=1S/C26H28N4O7/c1-15(2)37-20(16-8-6-7-9-19(16)35-5)14-29-18-11-10-17(22-27-12-13-36-22)28-21(18)23(31)30(25(29)34)26(3,4)24(32)33/h6-13,15,20H,14H2,1-5H3,(H,32,33)/t20-/m0/s1. The Morgan fingerprint density at radius 3 is 2.51 bits per heavy atom. The number of para-hydroxylation sites is 1. The molecule has 0 radical (unpaired) electrons. The van der Waals surface area contributed by atoms with E-state index in [-0.39, 0.29) is 35.3 Å². The third kappa shape index (κ3) is 4.77. The third-order valence-corrected chi connectivity index (χ3v) is 6.00. The second-order valence-electron chi connectivity index (χ2n) is 9.21. The van der Waals surface area contributed by atoms with Gasteiger partial charge in [-0.05, 0) is 45.9 Å². The molecule has 0 saturated heterocycles. The van der Waals surface area contributed by atoms with Gasteiger partial charge in [-0.1, -0.05) is 18.2 Å². The van der Waals surface area contributed by atoms with Crippen LogP contribution in [0.25, 0.3) is 22.6 Å². The number of hydrogen-bond donors (Lipinski definition) is 1. The van der Waals surface area contributed by atoms with Gasteiger partial charge in [0.15, 0.2) is 5.52 Å². The van der Waals surface area contributed by atoms with Gasteiger partial charge in [0, 0.05) is 5.56 Å². The number of aliphatic carboxylic acids is 1. The van der Waals surface area contributed by atoms with Crippen molar-refractivity contribution in [1.29, 1.82) is 0 Å². The number of oxazole rings is 1. The Labute approximate surface area is 211 Å². The Morgan fingerprint density at radius 1 is 1.16 bits per heavy atom. The van der Waals surface area contributed by atoms with Gasteiger partial charge in [0.2, 0.25) is 5.89 Å². The Hall–Kier alpha value is -4.25. The zero-order chi connectivity index (χ0) is 26.9. The zero-order valence-corrected chi connectivity index (χ0v) is 21.2. The van der Waals surface area contributed by atoms with E-state index in [1.165, 1.54) is 38.0 Å². The minimum Gasteiger partial charge on any atom is -0.496 e. The predicted octanol–water partition coefficient (Wildman–Crippen LogP) is 3.21. The lowest BCUT2D eigenvalue weighted by Crippen LogP contribution is -2.53. The molecule has 0 aliphatic heterocycles. The van der Waals surface area contributed by atoms with Crippen molar-refractivity contribution in [3.05, 3.63) is 75.3 Å². The number of aromatic nitrogens is 4. The van der Waals surface area contributed by atoms with E-state index >= 15 is 0 Å². The summed E-state index contributed by atoms with van der Waals surface area (Å²) in [6, 6.07) is 10.4. The first kappa shape index (κ1) is 25.8. The first-order chi connectivity index (χ1) is 17.6. The van der Waals surface area contributed by atoms with Crippen molar-refractivity contribution in [2.75, 3.05) is 7.11 Å². The summed E-state index contributed by atoms with van der Waals surface area (Å²) >= 11 is 0. The zero-order valence-electron chi connectivity index (χ0n) is 21.2. The first-order valence-electron chi connectivity index (χ1n) is 11.6. The van der Waals surface area contributed by atoms with Crippen LogP contribution in [0.4, 0.5) is 0 Å². The van der Waals surface area contributed by atoms with Crippen LogP contribution in [0.1, 0.15) is 39.4 Å². The maximum atomic E-state index is 13.8. The van der Waals surface area contributed by atoms with Gasteiger partial charge in [0.1, 0.15) is 29.3 Å². The molecule has 0 spiro atoms. The number of carboxylic acid groups (broad SMARTS) is 1. The molecule has 1 N–H and O–H groups in total. The van der Waals surface area contributed by atoms with Crippen LogP contribution in [0.15, 0.2) is 62.9 Å². The summed E-state index contributed by atoms with van der Waals surface area (Å²) in [4.78, 5) is 47.9. The SMILES string of the molecule is COc1ccccc1[C@H](Cn1c(=O)n(C(C)(C)C(=O)O)c(=O)c2nc(-c3ncco3)ccc21)OC(C)C. The molecule has 0 amide bonds. The monoisotopic (exact) mass is 508 g/mol. The number of rotatable bonds is 9. The Balaban J connectivity index is 2.01. The van der Waals surface area contributed by atoms with E-state index in [0.29, 0.717) is 15.9 Å². The minimum absolute atomic E-state index is 0.0378. The van der Waals surface area contributed by atoms with Gasteiger partial charge >= 0.3 is 11.7 Å². The summed E-state index contributed by atoms with van der Waals surface area (Å²) in [5.74, 6) is -0.603. The van der Waals surface area contributed by atoms with Gasteiger partial charge in [-0.2, -0.15) is 0 Å². The van der Waals surface area contributed by atoms with Gasteiger partial charge < -0.3 is 19.0 Å². The van der Waals surface area contributed by atoms with Crippen molar-refractivity contribution < 1.29 is 23.8 Å². The highest BCUT2D eigenvalue weighted by molar-refractivity contribution is 5.79. The summed E-state index contributed by atoms with van der Waals surface area (Å²) in [5.41, 5.74) is -2.43. The molecule has 3 aromatic heterocycles. The summed E-state index contributed by atoms with van der Waals surface area (Å²) in [7, 11) is 1.54. The topological polar surface area (TPSA) is 139 Å². The molecule has 0 unspecified atom stereocenters. The number of nitrogens with zero attached hydrogens (tertiary/aromatic N) is 4. The number of hydrogen-bond acceptors (Lipinski definition) is 8. The molecule has 4 rings (SSSR count). The van der Waals surface area contributed by atoms with Crippen LogP contribution in [-0.2, 0) is 21.6 Å². The molecular weight excluding hydrogens is 480 g/mol. The highest BCUT2D eigenvalue weighted by Crippen LogP contribution is 2.30. The van der Waals surface area contributed by atoms with Crippen molar-refractivity contribution in [2.24, 2.45) is 0 Å². The van der Waals surface area contributed by atoms with Crippen molar-refractivity contribution in [1.82, 2.24) is 19.1 Å². The molecule has 37 heavy (non-hydrogen) atoms. The van der Waals surface area contributed by atoms with Crippen molar-refractivity contribution in [2.45, 2.75) is 52.0 Å². The van der Waals surface area contributed by atoms with Gasteiger partial charge in [-0.15, -0.1) is 0 Å². The largest absolute Gasteiger partial charge is 0.496 e. The predicted molar refractivity (Wildman–Crippen MR) is 135 cm³/mol. The second-order valence-corrected chi connectivity index (χ2v) is 9.21. The van der Waals surface area contributed by atoms with E-state index in [4.69, 9.17) is 13.9 Å². The maximum absolute atomic E-state index is 13.8. The normalized spacial score (nSPS) is 12.7. The number of ether oxygens (including phenoxy) is 2. The molecule has 0 aliphatic rings. The van der Waals surface area contributed by atoms with Crippen LogP contribution in [-0.4, -0.2) is 43.4 Å². The summed E-state index contributed by atoms with van der Waals surface area (Å²) in [5, 5.41) is 9.86. The van der Waals surface area contributed by atoms with E-state index < -0.39 is 28.9 Å². The number of fused-ring (bicyclic) bond motifs is 1. The molecule has 11 heteroatoms. The lowest BCUT2D eigenvalue weighted by atomic mass is 10.1. The van der Waals surface area contributed by atoms with E-state index in [9.17, 15) is 19.5 Å². The van der Waals surface area contributed by atoms with E-state index in [2.05, 4.69) is 9.97 Å². The average Bonchev–Trinajstić information content (AvgIpc) is 3.40. The number of carboxylic acids is 1. The summed E-state index contributed by atoms with van der Waals surface area (Å²) in [6.45, 7) is 6.26. The third-order valence-electron chi connectivity index (χ3n) is 6.00. The van der Waals surface area contributed by atoms with Gasteiger partial charge in [0.25, 0.3) is 5.56 Å². The molecule has 0 bridgehead atoms. The molecule has 4 aromatic rings. The molecule has 3 heterocycles. The summed E-state index contributed by atoms with van der Waals surface area (Å²) < 4.78 is 19.0. The highest BCUT2D eigenvalue weighted by Gasteiger charge is 2.35. The van der Waals surface area contributed by atoms with E-state index in [1.54, 1.807) is 18.2 Å². The lowest BCUT2D eigenvalue weighted by molar-refractivity contribution is -0.146. The number of methoxy groups -OCH3 is 1. The van der Waals surface area contributed by atoms with Gasteiger partial charge in [-0.25, -0.2) is 24.1 Å². The highest BCUT2D eigenvalue weighted by atomic mass is 16.5. The average molecular weight is 509 g/mol. The first-order valence-corrected chi connectivity index (χ1v) is 11.6. The quantitative estimate of drug-likeness (QED) is 0.361. The molecular formula is C26H28N4O7. The number of carbonyl (C=O) groups is 1. The summed E-state index contributed by atoms with van der Waals surface area (Å²) in [6.07, 6.45) is 1.93. The number of pyridine rings is 1. The molecule has 1 aromatic carbocycles. The van der Waals surface area contributed by atoms with Gasteiger partial charge in [0.05, 0.1) is 31.5 Å². The molecule has 1 atom stereocenters.